The van der Waals surface area contributed by atoms with E-state index in [0.717, 1.165) is 10.8 Å². The standard InChI is InChI=1S/C19H23N3O5/c1-11(20-18(26)27-19(2,3)4)16(24)21-22-17(25)14-9-12-7-5-6-8-13(12)10-15(14)23/h5-11,23H,1-4H3,(H,20,26)(H,21,24)(H,22,25)/t11-/m0/s1. The molecule has 27 heavy (non-hydrogen) atoms. The van der Waals surface area contributed by atoms with Crippen molar-refractivity contribution in [2.24, 2.45) is 0 Å². The van der Waals surface area contributed by atoms with E-state index < -0.39 is 29.6 Å². The molecule has 0 radical (unpaired) electrons. The van der Waals surface area contributed by atoms with E-state index in [0.29, 0.717) is 0 Å². The van der Waals surface area contributed by atoms with E-state index in [9.17, 15) is 19.5 Å². The minimum absolute atomic E-state index is 0.0155. The fraction of sp³-hybridized carbons (Fsp3) is 0.316. The molecule has 2 aromatic carbocycles. The lowest BCUT2D eigenvalue weighted by Gasteiger charge is -2.21. The third kappa shape index (κ3) is 5.60. The number of carbonyl (C=O) groups is 3. The molecule has 0 aromatic heterocycles. The molecule has 8 heteroatoms. The number of fused-ring (bicyclic) bond motifs is 1. The Morgan fingerprint density at radius 1 is 1.04 bits per heavy atom. The first-order chi connectivity index (χ1) is 12.6. The highest BCUT2D eigenvalue weighted by atomic mass is 16.6. The van der Waals surface area contributed by atoms with E-state index in [1.54, 1.807) is 26.8 Å². The maximum Gasteiger partial charge on any atom is 0.408 e. The Labute approximate surface area is 156 Å². The lowest BCUT2D eigenvalue weighted by atomic mass is 10.1. The molecule has 144 valence electrons. The molecule has 0 saturated heterocycles. The van der Waals surface area contributed by atoms with Crippen LogP contribution >= 0.6 is 0 Å². The van der Waals surface area contributed by atoms with E-state index in [1.807, 2.05) is 18.2 Å². The van der Waals surface area contributed by atoms with Crippen LogP contribution in [0.4, 0.5) is 4.79 Å². The van der Waals surface area contributed by atoms with Crippen LogP contribution in [0.1, 0.15) is 38.1 Å². The Morgan fingerprint density at radius 2 is 1.63 bits per heavy atom. The molecule has 2 rings (SSSR count). The Morgan fingerprint density at radius 3 is 2.22 bits per heavy atom. The number of hydrogen-bond donors (Lipinski definition) is 4. The molecule has 0 bridgehead atoms. The molecule has 2 aromatic rings. The maximum absolute atomic E-state index is 12.2. The maximum atomic E-state index is 12.2. The predicted molar refractivity (Wildman–Crippen MR) is 100 cm³/mol. The smallest absolute Gasteiger partial charge is 0.408 e. The largest absolute Gasteiger partial charge is 0.507 e. The summed E-state index contributed by atoms with van der Waals surface area (Å²) >= 11 is 0. The molecule has 0 aliphatic rings. The van der Waals surface area contributed by atoms with E-state index >= 15 is 0 Å². The SMILES string of the molecule is C[C@H](NC(=O)OC(C)(C)C)C(=O)NNC(=O)c1cc2ccccc2cc1O. The number of ether oxygens (including phenoxy) is 1. The minimum Gasteiger partial charge on any atom is -0.507 e. The fourth-order valence-electron chi connectivity index (χ4n) is 2.25. The van der Waals surface area contributed by atoms with Crippen LogP contribution in [0.15, 0.2) is 36.4 Å². The molecule has 0 fully saturated rings. The number of hydrazine groups is 1. The summed E-state index contributed by atoms with van der Waals surface area (Å²) in [4.78, 5) is 35.9. The minimum atomic E-state index is -0.939. The van der Waals surface area contributed by atoms with Crippen molar-refractivity contribution in [1.82, 2.24) is 16.2 Å². The number of amides is 3. The van der Waals surface area contributed by atoms with Gasteiger partial charge in [0.25, 0.3) is 11.8 Å². The molecule has 0 aliphatic heterocycles. The Hall–Kier alpha value is -3.29. The highest BCUT2D eigenvalue weighted by Gasteiger charge is 2.21. The second-order valence-corrected chi connectivity index (χ2v) is 7.03. The number of alkyl carbamates (subject to hydrolysis) is 1. The first-order valence-electron chi connectivity index (χ1n) is 8.38. The van der Waals surface area contributed by atoms with Crippen molar-refractivity contribution >= 4 is 28.7 Å². The van der Waals surface area contributed by atoms with Gasteiger partial charge < -0.3 is 15.2 Å². The van der Waals surface area contributed by atoms with Crippen molar-refractivity contribution in [2.75, 3.05) is 0 Å². The molecule has 3 amide bonds. The van der Waals surface area contributed by atoms with Crippen LogP contribution in [-0.4, -0.2) is 34.7 Å². The van der Waals surface area contributed by atoms with E-state index in [4.69, 9.17) is 4.74 Å². The summed E-state index contributed by atoms with van der Waals surface area (Å²) in [6.07, 6.45) is -0.747. The normalized spacial score (nSPS) is 12.1. The first-order valence-corrected chi connectivity index (χ1v) is 8.38. The van der Waals surface area contributed by atoms with Crippen molar-refractivity contribution in [1.29, 1.82) is 0 Å². The van der Waals surface area contributed by atoms with Gasteiger partial charge in [-0.15, -0.1) is 0 Å². The summed E-state index contributed by atoms with van der Waals surface area (Å²) in [5.41, 5.74) is 3.74. The van der Waals surface area contributed by atoms with E-state index in [1.165, 1.54) is 19.1 Å². The van der Waals surface area contributed by atoms with Gasteiger partial charge in [0.05, 0.1) is 5.56 Å². The van der Waals surface area contributed by atoms with Gasteiger partial charge in [-0.25, -0.2) is 4.79 Å². The van der Waals surface area contributed by atoms with Crippen LogP contribution in [0.25, 0.3) is 10.8 Å². The van der Waals surface area contributed by atoms with Gasteiger partial charge in [0.15, 0.2) is 0 Å². The average molecular weight is 373 g/mol. The summed E-state index contributed by atoms with van der Waals surface area (Å²) in [6.45, 7) is 6.55. The van der Waals surface area contributed by atoms with Crippen molar-refractivity contribution in [3.63, 3.8) is 0 Å². The van der Waals surface area contributed by atoms with Gasteiger partial charge in [-0.2, -0.15) is 0 Å². The van der Waals surface area contributed by atoms with E-state index in [2.05, 4.69) is 16.2 Å². The number of aromatic hydroxyl groups is 1. The molecule has 0 heterocycles. The number of hydrogen-bond acceptors (Lipinski definition) is 5. The molecular formula is C19H23N3O5. The van der Waals surface area contributed by atoms with Crippen molar-refractivity contribution in [2.45, 2.75) is 39.3 Å². The summed E-state index contributed by atoms with van der Waals surface area (Å²) in [6, 6.07) is 9.30. The van der Waals surface area contributed by atoms with Crippen LogP contribution in [0.2, 0.25) is 0 Å². The second kappa shape index (κ2) is 7.94. The van der Waals surface area contributed by atoms with Crippen LogP contribution in [0, 0.1) is 0 Å². The zero-order valence-corrected chi connectivity index (χ0v) is 15.6. The summed E-state index contributed by atoms with van der Waals surface area (Å²) < 4.78 is 5.06. The highest BCUT2D eigenvalue weighted by molar-refractivity contribution is 6.02. The third-order valence-corrected chi connectivity index (χ3v) is 3.53. The Balaban J connectivity index is 1.95. The zero-order chi connectivity index (χ0) is 20.2. The highest BCUT2D eigenvalue weighted by Crippen LogP contribution is 2.24. The van der Waals surface area contributed by atoms with Gasteiger partial charge in [-0.3, -0.25) is 20.4 Å². The second-order valence-electron chi connectivity index (χ2n) is 7.03. The van der Waals surface area contributed by atoms with E-state index in [-0.39, 0.29) is 11.3 Å². The van der Waals surface area contributed by atoms with Crippen LogP contribution in [0.5, 0.6) is 5.75 Å². The first kappa shape index (κ1) is 20.0. The average Bonchev–Trinajstić information content (AvgIpc) is 2.56. The van der Waals surface area contributed by atoms with Gasteiger partial charge >= 0.3 is 6.09 Å². The van der Waals surface area contributed by atoms with Gasteiger partial charge in [0.2, 0.25) is 0 Å². The van der Waals surface area contributed by atoms with Gasteiger partial charge in [-0.1, -0.05) is 24.3 Å². The summed E-state index contributed by atoms with van der Waals surface area (Å²) in [5.74, 6) is -1.54. The van der Waals surface area contributed by atoms with Crippen LogP contribution in [0.3, 0.4) is 0 Å². The predicted octanol–water partition coefficient (Wildman–Crippen LogP) is 2.22. The Bertz CT molecular complexity index is 873. The topological polar surface area (TPSA) is 117 Å². The molecule has 0 saturated carbocycles. The molecular weight excluding hydrogens is 350 g/mol. The molecule has 4 N–H and O–H groups in total. The molecule has 0 spiro atoms. The monoisotopic (exact) mass is 373 g/mol. The summed E-state index contributed by atoms with van der Waals surface area (Å²) in [5, 5.41) is 13.9. The number of rotatable bonds is 3. The van der Waals surface area contributed by atoms with Crippen LogP contribution < -0.4 is 16.2 Å². The molecule has 0 aliphatic carbocycles. The zero-order valence-electron chi connectivity index (χ0n) is 15.6. The lowest BCUT2D eigenvalue weighted by Crippen LogP contribution is -2.51. The summed E-state index contributed by atoms with van der Waals surface area (Å²) in [7, 11) is 0. The molecule has 0 unspecified atom stereocenters. The molecule has 8 nitrogen and oxygen atoms in total. The third-order valence-electron chi connectivity index (χ3n) is 3.53. The van der Waals surface area contributed by atoms with Crippen molar-refractivity contribution in [3.05, 3.63) is 42.0 Å². The van der Waals surface area contributed by atoms with Crippen molar-refractivity contribution in [3.8, 4) is 5.75 Å². The quantitative estimate of drug-likeness (QED) is 0.616. The lowest BCUT2D eigenvalue weighted by molar-refractivity contribution is -0.123. The van der Waals surface area contributed by atoms with Gasteiger partial charge in [0.1, 0.15) is 17.4 Å². The number of benzene rings is 2. The van der Waals surface area contributed by atoms with Crippen molar-refractivity contribution < 1.29 is 24.2 Å². The van der Waals surface area contributed by atoms with Gasteiger partial charge in [0, 0.05) is 0 Å². The fourth-order valence-corrected chi connectivity index (χ4v) is 2.25. The Kier molecular flexibility index (Phi) is 5.89. The molecule has 1 atom stereocenters. The number of phenols is 1. The van der Waals surface area contributed by atoms with Gasteiger partial charge in [-0.05, 0) is 50.6 Å². The number of carbonyl (C=O) groups excluding carboxylic acids is 3. The number of phenolic OH excluding ortho intramolecular Hbond substituents is 1. The number of nitrogens with one attached hydrogen (secondary N) is 3. The van der Waals surface area contributed by atoms with Crippen LogP contribution in [-0.2, 0) is 9.53 Å².